The summed E-state index contributed by atoms with van der Waals surface area (Å²) in [5.41, 5.74) is 0. The largest absolute Gasteiger partial charge is 0.394 e. The number of aliphatic hydroxyl groups is 5. The van der Waals surface area contributed by atoms with E-state index in [0.29, 0.717) is 0 Å². The highest BCUT2D eigenvalue weighted by atomic mass is 16.4. The van der Waals surface area contributed by atoms with Crippen LogP contribution >= 0.6 is 0 Å². The zero-order valence-corrected chi connectivity index (χ0v) is 18.7. The van der Waals surface area contributed by atoms with Gasteiger partial charge in [-0.2, -0.15) is 0 Å². The first-order chi connectivity index (χ1) is 14.5. The van der Waals surface area contributed by atoms with Crippen LogP contribution in [0.3, 0.4) is 0 Å². The van der Waals surface area contributed by atoms with Crippen molar-refractivity contribution in [3.63, 3.8) is 0 Å². The monoisotopic (exact) mass is 427 g/mol. The van der Waals surface area contributed by atoms with Gasteiger partial charge in [-0.05, 0) is 45.1 Å². The summed E-state index contributed by atoms with van der Waals surface area (Å²) < 4.78 is 0. The van der Waals surface area contributed by atoms with E-state index in [0.717, 1.165) is 45.1 Å². The van der Waals surface area contributed by atoms with Gasteiger partial charge in [-0.15, -0.1) is 0 Å². The van der Waals surface area contributed by atoms with Crippen LogP contribution in [-0.2, 0) is 0 Å². The zero-order chi connectivity index (χ0) is 22.5. The molecule has 0 radical (unpaired) electrons. The van der Waals surface area contributed by atoms with E-state index in [-0.39, 0.29) is 6.54 Å². The quantitative estimate of drug-likeness (QED) is 0.132. The molecule has 6 nitrogen and oxygen atoms in total. The Kier molecular flexibility index (Phi) is 20.5. The van der Waals surface area contributed by atoms with E-state index in [1.807, 2.05) is 0 Å². The third kappa shape index (κ3) is 16.7. The van der Waals surface area contributed by atoms with Gasteiger partial charge in [-0.3, -0.25) is 0 Å². The Morgan fingerprint density at radius 1 is 0.667 bits per heavy atom. The highest BCUT2D eigenvalue weighted by Crippen LogP contribution is 2.08. The molecular formula is C24H45NO5. The number of rotatable bonds is 20. The molecule has 0 rings (SSSR count). The Hall–Kier alpha value is -1.02. The minimum absolute atomic E-state index is 0.132. The molecule has 176 valence electrons. The molecule has 0 aliphatic heterocycles. The summed E-state index contributed by atoms with van der Waals surface area (Å²) >= 11 is 0. The fourth-order valence-electron chi connectivity index (χ4n) is 2.98. The number of hydrogen-bond acceptors (Lipinski definition) is 6. The van der Waals surface area contributed by atoms with E-state index < -0.39 is 31.0 Å². The summed E-state index contributed by atoms with van der Waals surface area (Å²) in [4.78, 5) is 0. The first kappa shape index (κ1) is 29.0. The molecule has 0 aliphatic rings. The number of hydrogen-bond donors (Lipinski definition) is 6. The molecule has 0 unspecified atom stereocenters. The molecule has 0 fully saturated rings. The van der Waals surface area contributed by atoms with Crippen LogP contribution in [0.15, 0.2) is 36.5 Å². The Morgan fingerprint density at radius 3 is 1.83 bits per heavy atom. The molecule has 0 bridgehead atoms. The normalized spacial score (nSPS) is 16.6. The maximum absolute atomic E-state index is 9.79. The third-order valence-corrected chi connectivity index (χ3v) is 4.93. The van der Waals surface area contributed by atoms with Crippen molar-refractivity contribution in [2.45, 2.75) is 95.5 Å². The lowest BCUT2D eigenvalue weighted by Gasteiger charge is -2.25. The summed E-state index contributed by atoms with van der Waals surface area (Å²) in [6, 6.07) is 0. The van der Waals surface area contributed by atoms with E-state index in [1.54, 1.807) is 0 Å². The van der Waals surface area contributed by atoms with E-state index in [9.17, 15) is 20.4 Å². The fraction of sp³-hybridized carbons (Fsp3) is 0.750. The Labute approximate surface area is 183 Å². The van der Waals surface area contributed by atoms with Crippen LogP contribution in [0.2, 0.25) is 0 Å². The molecule has 0 aromatic rings. The van der Waals surface area contributed by atoms with Gasteiger partial charge in [0.1, 0.15) is 18.3 Å². The van der Waals surface area contributed by atoms with Crippen molar-refractivity contribution in [3.8, 4) is 0 Å². The topological polar surface area (TPSA) is 113 Å². The van der Waals surface area contributed by atoms with Crippen LogP contribution in [0.25, 0.3) is 0 Å². The fourth-order valence-corrected chi connectivity index (χ4v) is 2.98. The number of nitrogens with one attached hydrogen (secondary N) is 1. The molecule has 6 heteroatoms. The predicted octanol–water partition coefficient (Wildman–Crippen LogP) is 2.60. The molecule has 0 aromatic carbocycles. The molecule has 0 saturated heterocycles. The average molecular weight is 428 g/mol. The summed E-state index contributed by atoms with van der Waals surface area (Å²) in [5, 5.41) is 50.1. The van der Waals surface area contributed by atoms with Gasteiger partial charge < -0.3 is 30.8 Å². The predicted molar refractivity (Wildman–Crippen MR) is 123 cm³/mol. The van der Waals surface area contributed by atoms with Gasteiger partial charge >= 0.3 is 0 Å². The minimum Gasteiger partial charge on any atom is -0.394 e. The summed E-state index contributed by atoms with van der Waals surface area (Å²) in [5.74, 6) is 0. The Bertz CT molecular complexity index is 453. The summed E-state index contributed by atoms with van der Waals surface area (Å²) in [6.45, 7) is 2.34. The van der Waals surface area contributed by atoms with Gasteiger partial charge in [-0.1, -0.05) is 69.1 Å². The molecule has 0 saturated carbocycles. The van der Waals surface area contributed by atoms with Gasteiger partial charge in [0.25, 0.3) is 0 Å². The smallest absolute Gasteiger partial charge is 0.111 e. The second-order valence-corrected chi connectivity index (χ2v) is 7.71. The number of aliphatic hydroxyl groups excluding tert-OH is 5. The van der Waals surface area contributed by atoms with Crippen LogP contribution in [-0.4, -0.2) is 69.6 Å². The maximum atomic E-state index is 9.79. The van der Waals surface area contributed by atoms with Gasteiger partial charge in [0, 0.05) is 6.54 Å². The maximum Gasteiger partial charge on any atom is 0.111 e. The van der Waals surface area contributed by atoms with Crippen molar-refractivity contribution in [2.75, 3.05) is 19.7 Å². The first-order valence-corrected chi connectivity index (χ1v) is 11.5. The summed E-state index contributed by atoms with van der Waals surface area (Å²) in [6.07, 6.45) is 18.9. The number of unbranched alkanes of at least 4 members (excludes halogenated alkanes) is 6. The number of allylic oxidation sites excluding steroid dienone is 6. The second kappa shape index (κ2) is 21.2. The van der Waals surface area contributed by atoms with Crippen LogP contribution in [0.4, 0.5) is 0 Å². The standard InChI is InChI=1S/C24H45NO5/c1-2-3-4-5-6-7-8-9-10-11-12-13-14-15-16-17-18-25-19-21(27)23(29)24(30)22(28)20-26/h3-4,6-7,9-10,21-30H,2,5,8,11-20H2,1H3/b4-3-,7-6-,10-9-/t21-,22+,23+,24+/m0/s1. The van der Waals surface area contributed by atoms with Crippen molar-refractivity contribution in [3.05, 3.63) is 36.5 Å². The van der Waals surface area contributed by atoms with Gasteiger partial charge in [0.05, 0.1) is 12.7 Å². The van der Waals surface area contributed by atoms with Crippen LogP contribution in [0, 0.1) is 0 Å². The summed E-state index contributed by atoms with van der Waals surface area (Å²) in [7, 11) is 0. The van der Waals surface area contributed by atoms with E-state index in [1.165, 1.54) is 25.7 Å². The van der Waals surface area contributed by atoms with Crippen molar-refractivity contribution in [1.82, 2.24) is 5.32 Å². The average Bonchev–Trinajstić information content (AvgIpc) is 2.76. The highest BCUT2D eigenvalue weighted by molar-refractivity contribution is 4.96. The minimum atomic E-state index is -1.56. The van der Waals surface area contributed by atoms with E-state index in [4.69, 9.17) is 5.11 Å². The lowest BCUT2D eigenvalue weighted by atomic mass is 10.0. The molecule has 0 amide bonds. The first-order valence-electron chi connectivity index (χ1n) is 11.5. The third-order valence-electron chi connectivity index (χ3n) is 4.93. The lowest BCUT2D eigenvalue weighted by molar-refractivity contribution is -0.113. The van der Waals surface area contributed by atoms with Gasteiger partial charge in [-0.25, -0.2) is 0 Å². The van der Waals surface area contributed by atoms with Crippen molar-refractivity contribution in [1.29, 1.82) is 0 Å². The highest BCUT2D eigenvalue weighted by Gasteiger charge is 2.29. The van der Waals surface area contributed by atoms with Crippen molar-refractivity contribution >= 4 is 0 Å². The van der Waals surface area contributed by atoms with Crippen LogP contribution in [0.1, 0.15) is 71.1 Å². The van der Waals surface area contributed by atoms with Crippen molar-refractivity contribution < 1.29 is 25.5 Å². The molecule has 4 atom stereocenters. The molecule has 0 aliphatic carbocycles. The van der Waals surface area contributed by atoms with Crippen LogP contribution < -0.4 is 5.32 Å². The molecule has 0 aromatic heterocycles. The molecule has 30 heavy (non-hydrogen) atoms. The molecule has 0 spiro atoms. The van der Waals surface area contributed by atoms with E-state index >= 15 is 0 Å². The second-order valence-electron chi connectivity index (χ2n) is 7.71. The van der Waals surface area contributed by atoms with Crippen molar-refractivity contribution in [2.24, 2.45) is 0 Å². The zero-order valence-electron chi connectivity index (χ0n) is 18.7. The molecule has 0 heterocycles. The van der Waals surface area contributed by atoms with Crippen LogP contribution in [0.5, 0.6) is 0 Å². The molecule has 6 N–H and O–H groups in total. The van der Waals surface area contributed by atoms with E-state index in [2.05, 4.69) is 48.7 Å². The van der Waals surface area contributed by atoms with Gasteiger partial charge in [0.15, 0.2) is 0 Å². The Morgan fingerprint density at radius 2 is 1.20 bits per heavy atom. The molecular weight excluding hydrogens is 382 g/mol. The van der Waals surface area contributed by atoms with Gasteiger partial charge in [0.2, 0.25) is 0 Å². The Balaban J connectivity index is 3.46. The lowest BCUT2D eigenvalue weighted by Crippen LogP contribution is -2.49. The SMILES string of the molecule is CC/C=C\C/C=C\C/C=C\CCCCCCCCNC[C@H](O)[C@@H](O)[C@H](O)[C@H](O)CO.